The number of carbonyl (C=O) groups is 1. The van der Waals surface area contributed by atoms with Crippen LogP contribution in [-0.4, -0.2) is 20.7 Å². The fraction of sp³-hybridized carbons (Fsp3) is 0.286. The molecule has 0 bridgehead atoms. The summed E-state index contributed by atoms with van der Waals surface area (Å²) < 4.78 is 1.64. The zero-order valence-corrected chi connectivity index (χ0v) is 15.6. The van der Waals surface area contributed by atoms with E-state index in [1.165, 1.54) is 5.56 Å². The Kier molecular flexibility index (Phi) is 5.16. The summed E-state index contributed by atoms with van der Waals surface area (Å²) in [7, 11) is 1.80. The fourth-order valence-corrected chi connectivity index (χ4v) is 2.86. The van der Waals surface area contributed by atoms with Crippen LogP contribution in [0.1, 0.15) is 58.7 Å². The highest BCUT2D eigenvalue weighted by Crippen LogP contribution is 2.23. The van der Waals surface area contributed by atoms with Gasteiger partial charge in [-0.05, 0) is 42.2 Å². The number of nitrogens with one attached hydrogen (secondary N) is 1. The molecule has 5 nitrogen and oxygen atoms in total. The van der Waals surface area contributed by atoms with Crippen molar-refractivity contribution in [1.82, 2.24) is 20.1 Å². The minimum absolute atomic E-state index is 0.144. The van der Waals surface area contributed by atoms with Crippen LogP contribution < -0.4 is 5.32 Å². The molecule has 1 aromatic carbocycles. The third kappa shape index (κ3) is 3.82. The molecule has 0 radical (unpaired) electrons. The Labute approximate surface area is 154 Å². The summed E-state index contributed by atoms with van der Waals surface area (Å²) in [6.45, 7) is 6.18. The van der Waals surface area contributed by atoms with Gasteiger partial charge in [0.05, 0.1) is 11.7 Å². The summed E-state index contributed by atoms with van der Waals surface area (Å²) in [5.74, 6) is 0.130. The van der Waals surface area contributed by atoms with Crippen molar-refractivity contribution in [2.75, 3.05) is 0 Å². The van der Waals surface area contributed by atoms with E-state index in [0.29, 0.717) is 5.69 Å². The van der Waals surface area contributed by atoms with Gasteiger partial charge < -0.3 is 5.32 Å². The summed E-state index contributed by atoms with van der Waals surface area (Å²) in [5, 5.41) is 7.59. The Morgan fingerprint density at radius 1 is 1.04 bits per heavy atom. The van der Waals surface area contributed by atoms with Gasteiger partial charge >= 0.3 is 0 Å². The minimum atomic E-state index is -0.247. The zero-order valence-electron chi connectivity index (χ0n) is 15.6. The van der Waals surface area contributed by atoms with E-state index in [1.54, 1.807) is 24.1 Å². The molecule has 134 valence electrons. The van der Waals surface area contributed by atoms with Crippen LogP contribution in [0.25, 0.3) is 0 Å². The van der Waals surface area contributed by atoms with E-state index in [4.69, 9.17) is 0 Å². The number of aryl methyl sites for hydroxylation is 2. The van der Waals surface area contributed by atoms with Crippen LogP contribution in [0.4, 0.5) is 0 Å². The summed E-state index contributed by atoms with van der Waals surface area (Å²) in [5.41, 5.74) is 4.67. The summed E-state index contributed by atoms with van der Waals surface area (Å²) in [6, 6.07) is 13.7. The molecule has 0 aliphatic rings. The lowest BCUT2D eigenvalue weighted by Crippen LogP contribution is -2.30. The third-order valence-corrected chi connectivity index (χ3v) is 4.45. The molecule has 3 aromatic rings. The number of carbonyl (C=O) groups excluding carboxylic acids is 1. The lowest BCUT2D eigenvalue weighted by atomic mass is 9.98. The van der Waals surface area contributed by atoms with Gasteiger partial charge in [0.2, 0.25) is 0 Å². The Morgan fingerprint density at radius 3 is 2.23 bits per heavy atom. The van der Waals surface area contributed by atoms with E-state index in [-0.39, 0.29) is 17.9 Å². The molecule has 3 rings (SSSR count). The van der Waals surface area contributed by atoms with Gasteiger partial charge in [-0.2, -0.15) is 5.10 Å². The Bertz CT molecular complexity index is 882. The van der Waals surface area contributed by atoms with E-state index in [1.807, 2.05) is 37.3 Å². The zero-order chi connectivity index (χ0) is 18.7. The monoisotopic (exact) mass is 348 g/mol. The first-order chi connectivity index (χ1) is 12.5. The molecular weight excluding hydrogens is 324 g/mol. The van der Waals surface area contributed by atoms with E-state index in [2.05, 4.69) is 41.4 Å². The standard InChI is InChI=1S/C21H24N4O/c1-14(2)18-13-19(25(4)24-18)21(26)23-20(17-9-11-22-12-10-17)16-7-5-15(3)6-8-16/h5-14,20H,1-4H3,(H,23,26)/t20-/m0/s1. The maximum absolute atomic E-state index is 12.9. The second-order valence-corrected chi connectivity index (χ2v) is 6.83. The molecule has 2 aromatic heterocycles. The third-order valence-electron chi connectivity index (χ3n) is 4.45. The normalized spacial score (nSPS) is 12.2. The number of nitrogens with zero attached hydrogens (tertiary/aromatic N) is 3. The molecule has 0 spiro atoms. The molecule has 0 unspecified atom stereocenters. The van der Waals surface area contributed by atoms with Crippen LogP contribution in [0.15, 0.2) is 54.9 Å². The number of pyridine rings is 1. The first-order valence-electron chi connectivity index (χ1n) is 8.77. The summed E-state index contributed by atoms with van der Waals surface area (Å²) in [4.78, 5) is 17.0. The fourth-order valence-electron chi connectivity index (χ4n) is 2.86. The van der Waals surface area contributed by atoms with Crippen LogP contribution in [0.2, 0.25) is 0 Å². The maximum Gasteiger partial charge on any atom is 0.270 e. The number of aromatic nitrogens is 3. The topological polar surface area (TPSA) is 59.8 Å². The van der Waals surface area contributed by atoms with E-state index < -0.39 is 0 Å². The molecule has 1 N–H and O–H groups in total. The van der Waals surface area contributed by atoms with Crippen molar-refractivity contribution >= 4 is 5.91 Å². The van der Waals surface area contributed by atoms with Crippen LogP contribution in [0.5, 0.6) is 0 Å². The predicted octanol–water partition coefficient (Wildman–Crippen LogP) is 3.77. The van der Waals surface area contributed by atoms with Crippen molar-refractivity contribution in [2.45, 2.75) is 32.7 Å². The Hall–Kier alpha value is -2.95. The van der Waals surface area contributed by atoms with Gasteiger partial charge in [-0.1, -0.05) is 43.7 Å². The minimum Gasteiger partial charge on any atom is -0.340 e. The van der Waals surface area contributed by atoms with E-state index in [0.717, 1.165) is 16.8 Å². The highest BCUT2D eigenvalue weighted by atomic mass is 16.2. The number of hydrogen-bond donors (Lipinski definition) is 1. The smallest absolute Gasteiger partial charge is 0.270 e. The van der Waals surface area contributed by atoms with Gasteiger partial charge in [-0.25, -0.2) is 0 Å². The number of benzene rings is 1. The molecule has 1 atom stereocenters. The highest BCUT2D eigenvalue weighted by Gasteiger charge is 2.21. The van der Waals surface area contributed by atoms with Crippen molar-refractivity contribution < 1.29 is 4.79 Å². The molecule has 2 heterocycles. The van der Waals surface area contributed by atoms with Crippen LogP contribution in [0.3, 0.4) is 0 Å². The molecule has 0 saturated heterocycles. The maximum atomic E-state index is 12.9. The van der Waals surface area contributed by atoms with Crippen molar-refractivity contribution in [3.8, 4) is 0 Å². The number of hydrogen-bond acceptors (Lipinski definition) is 3. The first kappa shape index (κ1) is 17.9. The second-order valence-electron chi connectivity index (χ2n) is 6.83. The van der Waals surface area contributed by atoms with E-state index in [9.17, 15) is 4.79 Å². The average Bonchev–Trinajstić information content (AvgIpc) is 3.03. The van der Waals surface area contributed by atoms with Gasteiger partial charge in [0.1, 0.15) is 5.69 Å². The summed E-state index contributed by atoms with van der Waals surface area (Å²) >= 11 is 0. The van der Waals surface area contributed by atoms with Crippen molar-refractivity contribution in [1.29, 1.82) is 0 Å². The van der Waals surface area contributed by atoms with Crippen molar-refractivity contribution in [2.24, 2.45) is 7.05 Å². The molecule has 0 aliphatic carbocycles. The SMILES string of the molecule is Cc1ccc([C@H](NC(=O)c2cc(C(C)C)nn2C)c2ccncc2)cc1. The van der Waals surface area contributed by atoms with Gasteiger partial charge in [0, 0.05) is 19.4 Å². The highest BCUT2D eigenvalue weighted by molar-refractivity contribution is 5.93. The quantitative estimate of drug-likeness (QED) is 0.763. The number of rotatable bonds is 5. The van der Waals surface area contributed by atoms with Gasteiger partial charge in [-0.15, -0.1) is 0 Å². The van der Waals surface area contributed by atoms with Crippen LogP contribution in [0, 0.1) is 6.92 Å². The van der Waals surface area contributed by atoms with Crippen molar-refractivity contribution in [3.05, 3.63) is 82.9 Å². The largest absolute Gasteiger partial charge is 0.340 e. The molecule has 0 fully saturated rings. The Morgan fingerprint density at radius 2 is 1.65 bits per heavy atom. The molecule has 5 heteroatoms. The van der Waals surface area contributed by atoms with Crippen molar-refractivity contribution in [3.63, 3.8) is 0 Å². The summed E-state index contributed by atoms with van der Waals surface area (Å²) in [6.07, 6.45) is 3.48. The Balaban J connectivity index is 1.93. The van der Waals surface area contributed by atoms with Gasteiger partial charge in [0.15, 0.2) is 0 Å². The first-order valence-corrected chi connectivity index (χ1v) is 8.77. The molecule has 0 aliphatic heterocycles. The lowest BCUT2D eigenvalue weighted by molar-refractivity contribution is 0.0933. The second kappa shape index (κ2) is 7.52. The molecule has 26 heavy (non-hydrogen) atoms. The molecule has 1 amide bonds. The van der Waals surface area contributed by atoms with Crippen LogP contribution in [-0.2, 0) is 7.05 Å². The molecule has 0 saturated carbocycles. The number of amides is 1. The average molecular weight is 348 g/mol. The van der Waals surface area contributed by atoms with E-state index >= 15 is 0 Å². The lowest BCUT2D eigenvalue weighted by Gasteiger charge is -2.20. The predicted molar refractivity (Wildman–Crippen MR) is 102 cm³/mol. The van der Waals surface area contributed by atoms with Gasteiger partial charge in [0.25, 0.3) is 5.91 Å². The molecular formula is C21H24N4O. The van der Waals surface area contributed by atoms with Gasteiger partial charge in [-0.3, -0.25) is 14.5 Å². The van der Waals surface area contributed by atoms with Crippen LogP contribution >= 0.6 is 0 Å².